The predicted molar refractivity (Wildman–Crippen MR) is 69.4 cm³/mol. The Labute approximate surface area is 109 Å². The van der Waals surface area contributed by atoms with E-state index in [2.05, 4.69) is 20.5 Å². The number of nitrogens with two attached hydrogens (primary N) is 1. The summed E-state index contributed by atoms with van der Waals surface area (Å²) in [7, 11) is 0. The average Bonchev–Trinajstić information content (AvgIpc) is 3.08. The molecular formula is C12H13N7. The first-order chi connectivity index (χ1) is 9.38. The van der Waals surface area contributed by atoms with E-state index in [1.54, 1.807) is 11.0 Å². The highest BCUT2D eigenvalue weighted by Gasteiger charge is 2.12. The van der Waals surface area contributed by atoms with E-state index in [1.807, 2.05) is 41.1 Å². The molecule has 96 valence electrons. The third-order valence-corrected chi connectivity index (χ3v) is 2.71. The molecule has 2 aromatic heterocycles. The topological polar surface area (TPSA) is 87.4 Å². The van der Waals surface area contributed by atoms with Crippen LogP contribution in [0.4, 0.5) is 0 Å². The third kappa shape index (κ3) is 2.23. The molecule has 0 fully saturated rings. The van der Waals surface area contributed by atoms with Crippen LogP contribution < -0.4 is 5.73 Å². The fourth-order valence-corrected chi connectivity index (χ4v) is 1.83. The van der Waals surface area contributed by atoms with Crippen molar-refractivity contribution in [2.75, 3.05) is 6.54 Å². The molecule has 0 radical (unpaired) electrons. The van der Waals surface area contributed by atoms with Crippen LogP contribution >= 0.6 is 0 Å². The SMILES string of the molecule is NCCn1cc(-c2nncn2-c2ccccc2)nn1. The van der Waals surface area contributed by atoms with Crippen LogP contribution in [0.5, 0.6) is 0 Å². The Kier molecular flexibility index (Phi) is 3.03. The summed E-state index contributed by atoms with van der Waals surface area (Å²) in [5, 5.41) is 16.1. The molecule has 0 saturated heterocycles. The molecule has 2 heterocycles. The van der Waals surface area contributed by atoms with Gasteiger partial charge in [0.1, 0.15) is 6.33 Å². The minimum Gasteiger partial charge on any atom is -0.329 e. The maximum atomic E-state index is 5.49. The predicted octanol–water partition coefficient (Wildman–Crippen LogP) is 0.484. The lowest BCUT2D eigenvalue weighted by atomic mass is 10.3. The quantitative estimate of drug-likeness (QED) is 0.732. The van der Waals surface area contributed by atoms with Crippen LogP contribution in [0, 0.1) is 0 Å². The Morgan fingerprint density at radius 2 is 1.95 bits per heavy atom. The summed E-state index contributed by atoms with van der Waals surface area (Å²) in [5.74, 6) is 0.662. The number of hydrogen-bond acceptors (Lipinski definition) is 5. The lowest BCUT2D eigenvalue weighted by molar-refractivity contribution is 0.598. The lowest BCUT2D eigenvalue weighted by Crippen LogP contribution is -2.10. The third-order valence-electron chi connectivity index (χ3n) is 2.71. The summed E-state index contributed by atoms with van der Waals surface area (Å²) in [4.78, 5) is 0. The summed E-state index contributed by atoms with van der Waals surface area (Å²) in [6.07, 6.45) is 3.48. The molecule has 0 unspecified atom stereocenters. The molecular weight excluding hydrogens is 242 g/mol. The van der Waals surface area contributed by atoms with Crippen molar-refractivity contribution in [3.8, 4) is 17.2 Å². The summed E-state index contributed by atoms with van der Waals surface area (Å²) >= 11 is 0. The zero-order valence-corrected chi connectivity index (χ0v) is 10.2. The Morgan fingerprint density at radius 3 is 2.74 bits per heavy atom. The summed E-state index contributed by atoms with van der Waals surface area (Å²) in [6.45, 7) is 1.15. The molecule has 0 spiro atoms. The number of aromatic nitrogens is 6. The molecule has 1 aromatic carbocycles. The highest BCUT2D eigenvalue weighted by Crippen LogP contribution is 2.17. The van der Waals surface area contributed by atoms with Crippen LogP contribution in [0.1, 0.15) is 0 Å². The van der Waals surface area contributed by atoms with Crippen molar-refractivity contribution in [1.29, 1.82) is 0 Å². The first-order valence-electron chi connectivity index (χ1n) is 5.94. The monoisotopic (exact) mass is 255 g/mol. The van der Waals surface area contributed by atoms with Gasteiger partial charge in [-0.15, -0.1) is 15.3 Å². The van der Waals surface area contributed by atoms with Crippen LogP contribution in [-0.4, -0.2) is 36.3 Å². The van der Waals surface area contributed by atoms with Gasteiger partial charge in [-0.2, -0.15) is 0 Å². The standard InChI is InChI=1S/C12H13N7/c13-6-7-18-8-11(15-17-18)12-16-14-9-19(12)10-4-2-1-3-5-10/h1-5,8-9H,6-7,13H2. The fraction of sp³-hybridized carbons (Fsp3) is 0.167. The smallest absolute Gasteiger partial charge is 0.190 e. The van der Waals surface area contributed by atoms with Crippen molar-refractivity contribution in [2.45, 2.75) is 6.54 Å². The van der Waals surface area contributed by atoms with Crippen molar-refractivity contribution in [3.63, 3.8) is 0 Å². The highest BCUT2D eigenvalue weighted by molar-refractivity contribution is 5.51. The largest absolute Gasteiger partial charge is 0.329 e. The van der Waals surface area contributed by atoms with Gasteiger partial charge in [-0.25, -0.2) is 0 Å². The molecule has 0 aliphatic carbocycles. The molecule has 0 aliphatic rings. The van der Waals surface area contributed by atoms with Crippen molar-refractivity contribution in [2.24, 2.45) is 5.73 Å². The van der Waals surface area contributed by atoms with Crippen molar-refractivity contribution < 1.29 is 0 Å². The second-order valence-electron chi connectivity index (χ2n) is 4.02. The Hall–Kier alpha value is -2.54. The van der Waals surface area contributed by atoms with Gasteiger partial charge in [-0.05, 0) is 12.1 Å². The van der Waals surface area contributed by atoms with Crippen molar-refractivity contribution >= 4 is 0 Å². The normalized spacial score (nSPS) is 10.8. The van der Waals surface area contributed by atoms with E-state index in [0.29, 0.717) is 24.6 Å². The number of benzene rings is 1. The van der Waals surface area contributed by atoms with Crippen LogP contribution in [-0.2, 0) is 6.54 Å². The first kappa shape index (κ1) is 11.5. The second-order valence-corrected chi connectivity index (χ2v) is 4.02. The molecule has 0 bridgehead atoms. The number of nitrogens with zero attached hydrogens (tertiary/aromatic N) is 6. The molecule has 0 amide bonds. The molecule has 7 heteroatoms. The van der Waals surface area contributed by atoms with Gasteiger partial charge < -0.3 is 5.73 Å². The van der Waals surface area contributed by atoms with Gasteiger partial charge in [-0.3, -0.25) is 9.25 Å². The Morgan fingerprint density at radius 1 is 1.11 bits per heavy atom. The van der Waals surface area contributed by atoms with E-state index in [4.69, 9.17) is 5.73 Å². The lowest BCUT2D eigenvalue weighted by Gasteiger charge is -2.03. The first-order valence-corrected chi connectivity index (χ1v) is 5.94. The van der Waals surface area contributed by atoms with Gasteiger partial charge in [0.05, 0.1) is 12.7 Å². The van der Waals surface area contributed by atoms with Gasteiger partial charge in [0.2, 0.25) is 0 Å². The van der Waals surface area contributed by atoms with Crippen LogP contribution in [0.25, 0.3) is 17.2 Å². The zero-order chi connectivity index (χ0) is 13.1. The number of para-hydroxylation sites is 1. The zero-order valence-electron chi connectivity index (χ0n) is 10.2. The van der Waals surface area contributed by atoms with E-state index in [-0.39, 0.29) is 0 Å². The highest BCUT2D eigenvalue weighted by atomic mass is 15.4. The van der Waals surface area contributed by atoms with Crippen LogP contribution in [0.2, 0.25) is 0 Å². The molecule has 7 nitrogen and oxygen atoms in total. The van der Waals surface area contributed by atoms with E-state index in [9.17, 15) is 0 Å². The fourth-order valence-electron chi connectivity index (χ4n) is 1.83. The Bertz CT molecular complexity index is 656. The number of rotatable bonds is 4. The Balaban J connectivity index is 1.99. The molecule has 19 heavy (non-hydrogen) atoms. The van der Waals surface area contributed by atoms with Gasteiger partial charge in [0.15, 0.2) is 11.5 Å². The van der Waals surface area contributed by atoms with E-state index in [1.165, 1.54) is 0 Å². The van der Waals surface area contributed by atoms with Gasteiger partial charge in [0.25, 0.3) is 0 Å². The molecule has 0 saturated carbocycles. The van der Waals surface area contributed by atoms with E-state index >= 15 is 0 Å². The summed E-state index contributed by atoms with van der Waals surface area (Å²) in [5.41, 5.74) is 7.15. The molecule has 3 rings (SSSR count). The minimum absolute atomic E-state index is 0.522. The van der Waals surface area contributed by atoms with Gasteiger partial charge >= 0.3 is 0 Å². The second kappa shape index (κ2) is 4.99. The van der Waals surface area contributed by atoms with Gasteiger partial charge in [0, 0.05) is 12.2 Å². The maximum Gasteiger partial charge on any atom is 0.190 e. The molecule has 3 aromatic rings. The molecule has 0 aliphatic heterocycles. The molecule has 0 atom stereocenters. The van der Waals surface area contributed by atoms with E-state index < -0.39 is 0 Å². The number of hydrogen-bond donors (Lipinski definition) is 1. The average molecular weight is 255 g/mol. The van der Waals surface area contributed by atoms with Crippen molar-refractivity contribution in [3.05, 3.63) is 42.9 Å². The van der Waals surface area contributed by atoms with Crippen LogP contribution in [0.3, 0.4) is 0 Å². The maximum absolute atomic E-state index is 5.49. The molecule has 2 N–H and O–H groups in total. The minimum atomic E-state index is 0.522. The van der Waals surface area contributed by atoms with Crippen molar-refractivity contribution in [1.82, 2.24) is 29.8 Å². The summed E-state index contributed by atoms with van der Waals surface area (Å²) in [6, 6.07) is 9.86. The van der Waals surface area contributed by atoms with E-state index in [0.717, 1.165) is 5.69 Å². The summed E-state index contributed by atoms with van der Waals surface area (Å²) < 4.78 is 3.57. The van der Waals surface area contributed by atoms with Crippen LogP contribution in [0.15, 0.2) is 42.9 Å². The van der Waals surface area contributed by atoms with Gasteiger partial charge in [-0.1, -0.05) is 23.4 Å².